The summed E-state index contributed by atoms with van der Waals surface area (Å²) in [5.41, 5.74) is 0.0559. The van der Waals surface area contributed by atoms with Crippen LogP contribution in [0.2, 0.25) is 0 Å². The summed E-state index contributed by atoms with van der Waals surface area (Å²) in [7, 11) is 0. The first kappa shape index (κ1) is 26.9. The van der Waals surface area contributed by atoms with E-state index in [2.05, 4.69) is 14.7 Å². The van der Waals surface area contributed by atoms with Crippen LogP contribution in [0.25, 0.3) is 0 Å². The number of aliphatic hydroxyl groups excluding tert-OH is 1. The Kier molecular flexibility index (Phi) is 8.17. The summed E-state index contributed by atoms with van der Waals surface area (Å²) in [4.78, 5) is 8.75. The summed E-state index contributed by atoms with van der Waals surface area (Å²) in [6.07, 6.45) is -15.6. The van der Waals surface area contributed by atoms with Gasteiger partial charge in [-0.2, -0.15) is 35.7 Å². The molecule has 0 bridgehead atoms. The highest BCUT2D eigenvalue weighted by Gasteiger charge is 2.44. The summed E-state index contributed by atoms with van der Waals surface area (Å²) in [5.74, 6) is -1.51. The number of alkyl halides is 7. The van der Waals surface area contributed by atoms with Crippen LogP contribution in [0, 0.1) is 5.82 Å². The van der Waals surface area contributed by atoms with E-state index in [4.69, 9.17) is 4.74 Å². The molecule has 0 amide bonds. The van der Waals surface area contributed by atoms with Crippen LogP contribution in [0.5, 0.6) is 17.4 Å². The van der Waals surface area contributed by atoms with Gasteiger partial charge < -0.3 is 19.5 Å². The molecular weight excluding hydrogens is 506 g/mol. The zero-order chi connectivity index (χ0) is 26.5. The lowest BCUT2D eigenvalue weighted by atomic mass is 10.2. The standard InChI is InChI=1S/C22H17F8N3O3/c23-14-4-6-15(7-5-14)35-18-8-9-31-20(32-18)33(12-17(34)21(26,27)28)11-13-2-1-3-16(10-13)36-22(29,30)19(24)25/h1-10,17,19,34H,11-12H2. The molecule has 0 fully saturated rings. The lowest BCUT2D eigenvalue weighted by molar-refractivity contribution is -0.253. The van der Waals surface area contributed by atoms with E-state index in [1.165, 1.54) is 30.3 Å². The number of hydrogen-bond donors (Lipinski definition) is 1. The molecule has 0 aliphatic carbocycles. The molecule has 1 atom stereocenters. The van der Waals surface area contributed by atoms with E-state index in [0.717, 1.165) is 35.4 Å². The first-order valence-corrected chi connectivity index (χ1v) is 10.0. The molecule has 6 nitrogen and oxygen atoms in total. The highest BCUT2D eigenvalue weighted by atomic mass is 19.4. The maximum Gasteiger partial charge on any atom is 0.461 e. The third kappa shape index (κ3) is 7.41. The van der Waals surface area contributed by atoms with Gasteiger partial charge in [0.2, 0.25) is 11.8 Å². The van der Waals surface area contributed by atoms with Crippen molar-refractivity contribution in [3.63, 3.8) is 0 Å². The number of aromatic nitrogens is 2. The zero-order valence-corrected chi connectivity index (χ0v) is 18.0. The molecule has 1 aromatic heterocycles. The Hall–Kier alpha value is -3.68. The summed E-state index contributed by atoms with van der Waals surface area (Å²) in [6.45, 7) is -1.54. The topological polar surface area (TPSA) is 67.7 Å². The highest BCUT2D eigenvalue weighted by Crippen LogP contribution is 2.29. The van der Waals surface area contributed by atoms with Gasteiger partial charge in [0, 0.05) is 18.8 Å². The van der Waals surface area contributed by atoms with Crippen LogP contribution in [-0.2, 0) is 6.54 Å². The monoisotopic (exact) mass is 523 g/mol. The van der Waals surface area contributed by atoms with Gasteiger partial charge in [0.25, 0.3) is 0 Å². The van der Waals surface area contributed by atoms with Crippen molar-refractivity contribution in [3.05, 3.63) is 72.2 Å². The second kappa shape index (κ2) is 10.9. The van der Waals surface area contributed by atoms with E-state index in [1.807, 2.05) is 0 Å². The van der Waals surface area contributed by atoms with Crippen molar-refractivity contribution in [2.24, 2.45) is 0 Å². The number of nitrogens with zero attached hydrogens (tertiary/aromatic N) is 3. The SMILES string of the molecule is OC(CN(Cc1cccc(OC(F)(F)C(F)F)c1)c1nccc(Oc2ccc(F)cc2)n1)C(F)(F)F. The van der Waals surface area contributed by atoms with E-state index in [-0.39, 0.29) is 23.1 Å². The third-order valence-electron chi connectivity index (χ3n) is 4.49. The summed E-state index contributed by atoms with van der Waals surface area (Å²) in [5, 5.41) is 9.60. The normalized spacial score (nSPS) is 12.9. The first-order valence-electron chi connectivity index (χ1n) is 10.0. The minimum absolute atomic E-state index is 0.0559. The van der Waals surface area contributed by atoms with Crippen molar-refractivity contribution >= 4 is 5.95 Å². The summed E-state index contributed by atoms with van der Waals surface area (Å²) >= 11 is 0. The number of hydrogen-bond acceptors (Lipinski definition) is 6. The molecule has 3 aromatic rings. The lowest BCUT2D eigenvalue weighted by Gasteiger charge is -2.27. The molecule has 0 saturated carbocycles. The molecule has 14 heteroatoms. The molecule has 194 valence electrons. The van der Waals surface area contributed by atoms with E-state index in [9.17, 15) is 40.2 Å². The van der Waals surface area contributed by atoms with Gasteiger partial charge in [-0.15, -0.1) is 0 Å². The van der Waals surface area contributed by atoms with Gasteiger partial charge in [-0.1, -0.05) is 12.1 Å². The number of benzene rings is 2. The van der Waals surface area contributed by atoms with Crippen LogP contribution in [0.1, 0.15) is 5.56 Å². The zero-order valence-electron chi connectivity index (χ0n) is 18.0. The number of anilines is 1. The molecule has 0 spiro atoms. The fourth-order valence-corrected chi connectivity index (χ4v) is 2.82. The van der Waals surface area contributed by atoms with Gasteiger partial charge in [-0.3, -0.25) is 0 Å². The fourth-order valence-electron chi connectivity index (χ4n) is 2.82. The van der Waals surface area contributed by atoms with Gasteiger partial charge in [0.15, 0.2) is 6.10 Å². The van der Waals surface area contributed by atoms with Crippen LogP contribution in [0.4, 0.5) is 41.1 Å². The Morgan fingerprint density at radius 1 is 0.944 bits per heavy atom. The van der Waals surface area contributed by atoms with E-state index in [1.54, 1.807) is 0 Å². The van der Waals surface area contributed by atoms with Crippen LogP contribution >= 0.6 is 0 Å². The predicted molar refractivity (Wildman–Crippen MR) is 110 cm³/mol. The fraction of sp³-hybridized carbons (Fsp3) is 0.273. The average Bonchev–Trinajstić information content (AvgIpc) is 2.79. The maximum atomic E-state index is 13.2. The predicted octanol–water partition coefficient (Wildman–Crippen LogP) is 5.57. The molecule has 1 unspecified atom stereocenters. The van der Waals surface area contributed by atoms with E-state index in [0.29, 0.717) is 0 Å². The molecule has 0 aliphatic rings. The van der Waals surface area contributed by atoms with Crippen molar-refractivity contribution in [1.82, 2.24) is 9.97 Å². The van der Waals surface area contributed by atoms with Gasteiger partial charge in [0.1, 0.15) is 17.3 Å². The third-order valence-corrected chi connectivity index (χ3v) is 4.49. The van der Waals surface area contributed by atoms with Gasteiger partial charge in [0.05, 0.1) is 6.54 Å². The Balaban J connectivity index is 1.87. The number of aliphatic hydroxyl groups is 1. The van der Waals surface area contributed by atoms with Crippen LogP contribution < -0.4 is 14.4 Å². The van der Waals surface area contributed by atoms with Crippen molar-refractivity contribution in [3.8, 4) is 17.4 Å². The maximum absolute atomic E-state index is 13.2. The second-order valence-corrected chi connectivity index (χ2v) is 7.30. The van der Waals surface area contributed by atoms with Crippen LogP contribution in [0.3, 0.4) is 0 Å². The molecule has 0 aliphatic heterocycles. The van der Waals surface area contributed by atoms with Gasteiger partial charge in [-0.05, 0) is 42.0 Å². The van der Waals surface area contributed by atoms with Crippen LogP contribution in [0.15, 0.2) is 60.8 Å². The lowest BCUT2D eigenvalue weighted by Crippen LogP contribution is -2.41. The summed E-state index contributed by atoms with van der Waals surface area (Å²) < 4.78 is 113. The average molecular weight is 523 g/mol. The molecule has 3 rings (SSSR count). The number of ether oxygens (including phenoxy) is 2. The molecule has 1 N–H and O–H groups in total. The van der Waals surface area contributed by atoms with E-state index >= 15 is 0 Å². The molecule has 0 radical (unpaired) electrons. The second-order valence-electron chi connectivity index (χ2n) is 7.30. The number of halogens is 8. The minimum atomic E-state index is -5.01. The number of rotatable bonds is 10. The largest absolute Gasteiger partial charge is 0.461 e. The minimum Gasteiger partial charge on any atom is -0.439 e. The molecule has 1 heterocycles. The van der Waals surface area contributed by atoms with Gasteiger partial charge >= 0.3 is 18.7 Å². The molecule has 0 saturated heterocycles. The Morgan fingerprint density at radius 3 is 2.28 bits per heavy atom. The molecule has 2 aromatic carbocycles. The molecular formula is C22H17F8N3O3. The Labute approximate surface area is 198 Å². The summed E-state index contributed by atoms with van der Waals surface area (Å²) in [6, 6.07) is 10.4. The Morgan fingerprint density at radius 2 is 1.64 bits per heavy atom. The highest BCUT2D eigenvalue weighted by molar-refractivity contribution is 5.38. The quantitative estimate of drug-likeness (QED) is 0.351. The first-order chi connectivity index (χ1) is 16.8. The van der Waals surface area contributed by atoms with Crippen molar-refractivity contribution in [1.29, 1.82) is 0 Å². The van der Waals surface area contributed by atoms with Crippen LogP contribution in [-0.4, -0.2) is 46.4 Å². The van der Waals surface area contributed by atoms with E-state index < -0.39 is 49.5 Å². The smallest absolute Gasteiger partial charge is 0.439 e. The molecule has 36 heavy (non-hydrogen) atoms. The van der Waals surface area contributed by atoms with Crippen molar-refractivity contribution in [2.75, 3.05) is 11.4 Å². The van der Waals surface area contributed by atoms with Gasteiger partial charge in [-0.25, -0.2) is 9.37 Å². The van der Waals surface area contributed by atoms with Crippen molar-refractivity contribution < 1.29 is 49.7 Å². The Bertz CT molecular complexity index is 1150. The van der Waals surface area contributed by atoms with Crippen molar-refractivity contribution in [2.45, 2.75) is 31.4 Å².